The average Bonchev–Trinajstić information content (AvgIpc) is 3.09. The van der Waals surface area contributed by atoms with Gasteiger partial charge in [-0.25, -0.2) is 9.37 Å². The molecule has 0 atom stereocenters. The molecule has 0 saturated heterocycles. The number of anilines is 2. The lowest BCUT2D eigenvalue weighted by Crippen LogP contribution is -2.26. The van der Waals surface area contributed by atoms with Crippen LogP contribution in [-0.4, -0.2) is 35.4 Å². The molecule has 0 bridgehead atoms. The highest BCUT2D eigenvalue weighted by Gasteiger charge is 2.18. The highest BCUT2D eigenvalue weighted by molar-refractivity contribution is 6.06. The summed E-state index contributed by atoms with van der Waals surface area (Å²) in [5, 5.41) is 2.70. The number of pyridine rings is 1. The van der Waals surface area contributed by atoms with E-state index >= 15 is 0 Å². The van der Waals surface area contributed by atoms with Crippen molar-refractivity contribution in [3.05, 3.63) is 54.2 Å². The Morgan fingerprint density at radius 2 is 2.08 bits per heavy atom. The monoisotopic (exact) mass is 356 g/mol. The first-order chi connectivity index (χ1) is 12.4. The van der Waals surface area contributed by atoms with E-state index in [-0.39, 0.29) is 23.1 Å². The van der Waals surface area contributed by atoms with Gasteiger partial charge in [-0.1, -0.05) is 0 Å². The first-order valence-corrected chi connectivity index (χ1v) is 7.76. The minimum Gasteiger partial charge on any atom is -0.494 e. The molecule has 1 N–H and O–H groups in total. The number of nitrogens with zero attached hydrogens (tertiary/aromatic N) is 3. The van der Waals surface area contributed by atoms with Gasteiger partial charge in [0.05, 0.1) is 18.5 Å². The third-order valence-corrected chi connectivity index (χ3v) is 3.87. The number of aromatic nitrogens is 2. The normalized spacial score (nSPS) is 10.6. The third kappa shape index (κ3) is 3.21. The summed E-state index contributed by atoms with van der Waals surface area (Å²) in [4.78, 5) is 29.8. The Morgan fingerprint density at radius 3 is 2.77 bits per heavy atom. The molecule has 0 unspecified atom stereocenters. The lowest BCUT2D eigenvalue weighted by molar-refractivity contribution is -0.114. The molecule has 0 aliphatic rings. The fourth-order valence-corrected chi connectivity index (χ4v) is 2.59. The molecule has 2 amide bonds. The molecule has 3 aromatic rings. The minimum absolute atomic E-state index is 0.00625. The standard InChI is InChI=1S/C18H17FN4O3/c1-11(24)21-15-9-13(10-23-7-6-20-17(15)23)22(2)18(25)12-4-5-14(19)16(8-12)26-3/h4-10H,1-3H3,(H,21,24). The lowest BCUT2D eigenvalue weighted by atomic mass is 10.1. The van der Waals surface area contributed by atoms with Crippen LogP contribution in [0.4, 0.5) is 15.8 Å². The van der Waals surface area contributed by atoms with Crippen molar-refractivity contribution in [3.63, 3.8) is 0 Å². The minimum atomic E-state index is -0.542. The number of ether oxygens (including phenoxy) is 1. The maximum atomic E-state index is 13.6. The molecule has 1 aromatic carbocycles. The Labute approximate surface area is 149 Å². The Hall–Kier alpha value is -3.42. The van der Waals surface area contributed by atoms with Gasteiger partial charge in [0.2, 0.25) is 5.91 Å². The lowest BCUT2D eigenvalue weighted by Gasteiger charge is -2.19. The molecule has 26 heavy (non-hydrogen) atoms. The number of amides is 2. The van der Waals surface area contributed by atoms with E-state index < -0.39 is 5.82 Å². The first kappa shape index (κ1) is 17.4. The Balaban J connectivity index is 2.00. The highest BCUT2D eigenvalue weighted by Crippen LogP contribution is 2.25. The van der Waals surface area contributed by atoms with Crippen molar-refractivity contribution in [2.75, 3.05) is 24.4 Å². The van der Waals surface area contributed by atoms with Crippen LogP contribution < -0.4 is 15.0 Å². The van der Waals surface area contributed by atoms with E-state index in [4.69, 9.17) is 4.74 Å². The summed E-state index contributed by atoms with van der Waals surface area (Å²) in [6, 6.07) is 5.57. The number of carbonyl (C=O) groups is 2. The molecule has 0 aliphatic heterocycles. The van der Waals surface area contributed by atoms with Gasteiger partial charge in [0.15, 0.2) is 17.2 Å². The van der Waals surface area contributed by atoms with Crippen LogP contribution in [-0.2, 0) is 4.79 Å². The summed E-state index contributed by atoms with van der Waals surface area (Å²) in [5.41, 5.74) is 1.86. The largest absolute Gasteiger partial charge is 0.494 e. The molecule has 2 aromatic heterocycles. The second-order valence-electron chi connectivity index (χ2n) is 5.66. The maximum Gasteiger partial charge on any atom is 0.258 e. The van der Waals surface area contributed by atoms with E-state index in [1.807, 2.05) is 0 Å². The van der Waals surface area contributed by atoms with Gasteiger partial charge in [-0.2, -0.15) is 0 Å². The van der Waals surface area contributed by atoms with Crippen LogP contribution in [0.1, 0.15) is 17.3 Å². The molecule has 0 aliphatic carbocycles. The molecular formula is C18H17FN4O3. The number of rotatable bonds is 4. The van der Waals surface area contributed by atoms with Crippen LogP contribution in [0.3, 0.4) is 0 Å². The Bertz CT molecular complexity index is 999. The zero-order valence-corrected chi connectivity index (χ0v) is 14.5. The van der Waals surface area contributed by atoms with Crippen molar-refractivity contribution < 1.29 is 18.7 Å². The van der Waals surface area contributed by atoms with E-state index in [9.17, 15) is 14.0 Å². The quantitative estimate of drug-likeness (QED) is 0.780. The molecule has 0 fully saturated rings. The van der Waals surface area contributed by atoms with Crippen molar-refractivity contribution in [3.8, 4) is 5.75 Å². The molecule has 2 heterocycles. The van der Waals surface area contributed by atoms with E-state index in [1.54, 1.807) is 36.1 Å². The summed E-state index contributed by atoms with van der Waals surface area (Å²) in [5.74, 6) is -1.14. The predicted molar refractivity (Wildman–Crippen MR) is 95.2 cm³/mol. The van der Waals surface area contributed by atoms with Crippen LogP contribution in [0, 0.1) is 5.82 Å². The number of nitrogens with one attached hydrogen (secondary N) is 1. The second kappa shape index (κ2) is 6.83. The highest BCUT2D eigenvalue weighted by atomic mass is 19.1. The summed E-state index contributed by atoms with van der Waals surface area (Å²) >= 11 is 0. The van der Waals surface area contributed by atoms with E-state index in [0.717, 1.165) is 0 Å². The molecule has 3 rings (SSSR count). The van der Waals surface area contributed by atoms with Crippen molar-refractivity contribution in [1.82, 2.24) is 9.38 Å². The smallest absolute Gasteiger partial charge is 0.258 e. The van der Waals surface area contributed by atoms with E-state index in [0.29, 0.717) is 17.0 Å². The van der Waals surface area contributed by atoms with Crippen molar-refractivity contribution in [2.45, 2.75) is 6.92 Å². The van der Waals surface area contributed by atoms with Crippen LogP contribution in [0.25, 0.3) is 5.65 Å². The molecule has 7 nitrogen and oxygen atoms in total. The molecule has 0 saturated carbocycles. The topological polar surface area (TPSA) is 75.9 Å². The van der Waals surface area contributed by atoms with Crippen LogP contribution >= 0.6 is 0 Å². The van der Waals surface area contributed by atoms with Crippen molar-refractivity contribution >= 4 is 28.8 Å². The number of halogens is 1. The number of carbonyl (C=O) groups excluding carboxylic acids is 2. The molecule has 134 valence electrons. The Morgan fingerprint density at radius 1 is 1.31 bits per heavy atom. The van der Waals surface area contributed by atoms with Gasteiger partial charge in [-0.05, 0) is 24.3 Å². The summed E-state index contributed by atoms with van der Waals surface area (Å²) < 4.78 is 20.2. The number of hydrogen-bond acceptors (Lipinski definition) is 4. The van der Waals surface area contributed by atoms with Gasteiger partial charge in [0.1, 0.15) is 0 Å². The zero-order valence-electron chi connectivity index (χ0n) is 14.5. The van der Waals surface area contributed by atoms with Gasteiger partial charge < -0.3 is 19.4 Å². The van der Waals surface area contributed by atoms with Gasteiger partial charge >= 0.3 is 0 Å². The van der Waals surface area contributed by atoms with Crippen LogP contribution in [0.5, 0.6) is 5.75 Å². The number of imidazole rings is 1. The summed E-state index contributed by atoms with van der Waals surface area (Å²) in [7, 11) is 2.93. The zero-order chi connectivity index (χ0) is 18.8. The van der Waals surface area contributed by atoms with Gasteiger partial charge in [0, 0.05) is 38.1 Å². The number of benzene rings is 1. The number of methoxy groups -OCH3 is 1. The van der Waals surface area contributed by atoms with Gasteiger partial charge in [0.25, 0.3) is 5.91 Å². The SMILES string of the molecule is COc1cc(C(=O)N(C)c2cc(NC(C)=O)c3nccn3c2)ccc1F. The van der Waals surface area contributed by atoms with E-state index in [2.05, 4.69) is 10.3 Å². The summed E-state index contributed by atoms with van der Waals surface area (Å²) in [6.45, 7) is 1.39. The second-order valence-corrected chi connectivity index (χ2v) is 5.66. The fourth-order valence-electron chi connectivity index (χ4n) is 2.59. The number of fused-ring (bicyclic) bond motifs is 1. The molecule has 0 radical (unpaired) electrons. The van der Waals surface area contributed by atoms with Gasteiger partial charge in [-0.3, -0.25) is 9.59 Å². The average molecular weight is 356 g/mol. The molecular weight excluding hydrogens is 339 g/mol. The van der Waals surface area contributed by atoms with Crippen LogP contribution in [0.15, 0.2) is 42.9 Å². The molecule has 0 spiro atoms. The van der Waals surface area contributed by atoms with Crippen molar-refractivity contribution in [1.29, 1.82) is 0 Å². The van der Waals surface area contributed by atoms with Crippen LogP contribution in [0.2, 0.25) is 0 Å². The fraction of sp³-hybridized carbons (Fsp3) is 0.167. The van der Waals surface area contributed by atoms with Crippen molar-refractivity contribution in [2.24, 2.45) is 0 Å². The third-order valence-electron chi connectivity index (χ3n) is 3.87. The Kier molecular flexibility index (Phi) is 4.57. The van der Waals surface area contributed by atoms with Gasteiger partial charge in [-0.15, -0.1) is 0 Å². The first-order valence-electron chi connectivity index (χ1n) is 7.76. The maximum absolute atomic E-state index is 13.6. The predicted octanol–water partition coefficient (Wildman–Crippen LogP) is 2.72. The molecule has 8 heteroatoms. The number of hydrogen-bond donors (Lipinski definition) is 1. The summed E-state index contributed by atoms with van der Waals surface area (Å²) in [6.07, 6.45) is 5.02. The van der Waals surface area contributed by atoms with E-state index in [1.165, 1.54) is 37.1 Å².